The largest absolute Gasteiger partial charge is 0.478 e. The van der Waals surface area contributed by atoms with Crippen molar-refractivity contribution < 1.29 is 19.4 Å². The average Bonchev–Trinajstić information content (AvgIpc) is 2.47. The van der Waals surface area contributed by atoms with Gasteiger partial charge in [-0.1, -0.05) is 29.8 Å². The summed E-state index contributed by atoms with van der Waals surface area (Å²) in [4.78, 5) is 23.1. The summed E-state index contributed by atoms with van der Waals surface area (Å²) in [6.07, 6.45) is 0.125. The fraction of sp³-hybridized carbons (Fsp3) is 0.176. The van der Waals surface area contributed by atoms with Gasteiger partial charge in [0.2, 0.25) is 0 Å². The zero-order valence-electron chi connectivity index (χ0n) is 11.5. The van der Waals surface area contributed by atoms with Gasteiger partial charge in [0.15, 0.2) is 0 Å². The van der Waals surface area contributed by atoms with Gasteiger partial charge < -0.3 is 9.84 Å². The highest BCUT2D eigenvalue weighted by molar-refractivity contribution is 5.95. The molecule has 106 valence electrons. The number of esters is 1. The molecule has 0 spiro atoms. The molecule has 4 heteroatoms. The van der Waals surface area contributed by atoms with Crippen LogP contribution in [0.15, 0.2) is 42.5 Å². The third kappa shape index (κ3) is 2.52. The summed E-state index contributed by atoms with van der Waals surface area (Å²) in [5.41, 5.74) is 3.40. The third-order valence-corrected chi connectivity index (χ3v) is 3.68. The number of carboxylic acids is 1. The van der Waals surface area contributed by atoms with Crippen LogP contribution in [0.5, 0.6) is 0 Å². The van der Waals surface area contributed by atoms with Gasteiger partial charge in [-0.05, 0) is 36.2 Å². The molecule has 4 nitrogen and oxygen atoms in total. The van der Waals surface area contributed by atoms with E-state index in [1.165, 1.54) is 12.1 Å². The van der Waals surface area contributed by atoms with E-state index >= 15 is 0 Å². The number of carboxylic acid groups (broad SMARTS) is 1. The molecule has 1 unspecified atom stereocenters. The Kier molecular flexibility index (Phi) is 3.22. The van der Waals surface area contributed by atoms with E-state index in [0.717, 1.165) is 16.7 Å². The number of rotatable bonds is 2. The van der Waals surface area contributed by atoms with Crippen molar-refractivity contribution in [1.29, 1.82) is 0 Å². The molecule has 3 rings (SSSR count). The number of benzene rings is 2. The Balaban J connectivity index is 1.96. The first-order valence-electron chi connectivity index (χ1n) is 6.68. The minimum atomic E-state index is -0.997. The van der Waals surface area contributed by atoms with Crippen molar-refractivity contribution in [3.8, 4) is 0 Å². The lowest BCUT2D eigenvalue weighted by atomic mass is 9.93. The Morgan fingerprint density at radius 2 is 1.90 bits per heavy atom. The van der Waals surface area contributed by atoms with Gasteiger partial charge in [-0.3, -0.25) is 0 Å². The second kappa shape index (κ2) is 5.05. The van der Waals surface area contributed by atoms with Crippen LogP contribution >= 0.6 is 0 Å². The molecular formula is C17H14O4. The summed E-state index contributed by atoms with van der Waals surface area (Å²) in [6.45, 7) is 1.99. The Morgan fingerprint density at radius 1 is 1.19 bits per heavy atom. The molecule has 0 saturated carbocycles. The number of aryl methyl sites for hydroxylation is 1. The van der Waals surface area contributed by atoms with Crippen LogP contribution in [0.1, 0.15) is 43.5 Å². The zero-order chi connectivity index (χ0) is 15.0. The Hall–Kier alpha value is -2.62. The summed E-state index contributed by atoms with van der Waals surface area (Å²) in [5, 5.41) is 9.05. The number of aromatic carboxylic acids is 1. The topological polar surface area (TPSA) is 63.6 Å². The Labute approximate surface area is 122 Å². The lowest BCUT2D eigenvalue weighted by Gasteiger charge is -2.25. The monoisotopic (exact) mass is 282 g/mol. The number of hydrogen-bond acceptors (Lipinski definition) is 3. The van der Waals surface area contributed by atoms with Gasteiger partial charge >= 0.3 is 11.9 Å². The first-order chi connectivity index (χ1) is 10.0. The Morgan fingerprint density at radius 3 is 2.57 bits per heavy atom. The predicted octanol–water partition coefficient (Wildman–Crippen LogP) is 3.15. The van der Waals surface area contributed by atoms with E-state index in [9.17, 15) is 9.59 Å². The van der Waals surface area contributed by atoms with Gasteiger partial charge in [0.05, 0.1) is 11.1 Å². The van der Waals surface area contributed by atoms with Crippen LogP contribution in [0, 0.1) is 6.92 Å². The van der Waals surface area contributed by atoms with Crippen LogP contribution in [0.3, 0.4) is 0 Å². The molecule has 1 N–H and O–H groups in total. The summed E-state index contributed by atoms with van der Waals surface area (Å²) in [6, 6.07) is 12.3. The average molecular weight is 282 g/mol. The molecule has 1 aliphatic rings. The lowest BCUT2D eigenvalue weighted by Crippen LogP contribution is -2.22. The van der Waals surface area contributed by atoms with Crippen molar-refractivity contribution in [3.63, 3.8) is 0 Å². The molecule has 0 amide bonds. The lowest BCUT2D eigenvalue weighted by molar-refractivity contribution is 0.0252. The molecule has 21 heavy (non-hydrogen) atoms. The van der Waals surface area contributed by atoms with Gasteiger partial charge in [0, 0.05) is 6.42 Å². The highest BCUT2D eigenvalue weighted by Crippen LogP contribution is 2.31. The van der Waals surface area contributed by atoms with Crippen LogP contribution in [0.4, 0.5) is 0 Å². The van der Waals surface area contributed by atoms with Gasteiger partial charge in [0.1, 0.15) is 6.10 Å². The molecule has 0 bridgehead atoms. The maximum Gasteiger partial charge on any atom is 0.339 e. The summed E-state index contributed by atoms with van der Waals surface area (Å²) < 4.78 is 5.45. The van der Waals surface area contributed by atoms with E-state index < -0.39 is 11.9 Å². The van der Waals surface area contributed by atoms with E-state index in [2.05, 4.69) is 0 Å². The Bertz CT molecular complexity index is 716. The third-order valence-electron chi connectivity index (χ3n) is 3.68. The van der Waals surface area contributed by atoms with E-state index in [-0.39, 0.29) is 11.7 Å². The quantitative estimate of drug-likeness (QED) is 0.859. The van der Waals surface area contributed by atoms with Crippen LogP contribution < -0.4 is 0 Å². The second-order valence-electron chi connectivity index (χ2n) is 5.19. The van der Waals surface area contributed by atoms with Crippen LogP contribution in [0.2, 0.25) is 0 Å². The normalized spacial score (nSPS) is 17.0. The number of carbonyl (C=O) groups excluding carboxylic acids is 1. The van der Waals surface area contributed by atoms with E-state index in [0.29, 0.717) is 12.0 Å². The molecule has 2 aromatic rings. The van der Waals surface area contributed by atoms with Crippen molar-refractivity contribution in [3.05, 3.63) is 70.3 Å². The first-order valence-corrected chi connectivity index (χ1v) is 6.68. The molecular weight excluding hydrogens is 268 g/mol. The van der Waals surface area contributed by atoms with Crippen molar-refractivity contribution in [2.45, 2.75) is 19.4 Å². The molecule has 0 fully saturated rings. The van der Waals surface area contributed by atoms with Crippen molar-refractivity contribution in [1.82, 2.24) is 0 Å². The van der Waals surface area contributed by atoms with Crippen LogP contribution in [-0.2, 0) is 11.2 Å². The number of carbonyl (C=O) groups is 2. The van der Waals surface area contributed by atoms with Crippen molar-refractivity contribution in [2.24, 2.45) is 0 Å². The van der Waals surface area contributed by atoms with Gasteiger partial charge in [-0.2, -0.15) is 0 Å². The summed E-state index contributed by atoms with van der Waals surface area (Å²) in [7, 11) is 0. The standard InChI is InChI=1S/C17H14O4/c1-10-2-4-11(5-3-10)15-9-13-8-12(16(18)19)6-7-14(13)17(20)21-15/h2-8,15H,9H2,1H3,(H,18,19). The first kappa shape index (κ1) is 13.4. The van der Waals surface area contributed by atoms with Crippen LogP contribution in [0.25, 0.3) is 0 Å². The molecule has 1 heterocycles. The summed E-state index contributed by atoms with van der Waals surface area (Å²) in [5.74, 6) is -1.40. The predicted molar refractivity (Wildman–Crippen MR) is 76.4 cm³/mol. The molecule has 1 atom stereocenters. The molecule has 0 radical (unpaired) electrons. The molecule has 1 aliphatic heterocycles. The van der Waals surface area contributed by atoms with Crippen molar-refractivity contribution in [2.75, 3.05) is 0 Å². The maximum absolute atomic E-state index is 12.0. The second-order valence-corrected chi connectivity index (χ2v) is 5.19. The summed E-state index contributed by atoms with van der Waals surface area (Å²) >= 11 is 0. The number of cyclic esters (lactones) is 1. The minimum absolute atomic E-state index is 0.186. The number of ether oxygens (including phenoxy) is 1. The smallest absolute Gasteiger partial charge is 0.339 e. The highest BCUT2D eigenvalue weighted by Gasteiger charge is 2.28. The van der Waals surface area contributed by atoms with E-state index in [1.54, 1.807) is 6.07 Å². The number of fused-ring (bicyclic) bond motifs is 1. The van der Waals surface area contributed by atoms with Gasteiger partial charge in [0.25, 0.3) is 0 Å². The van der Waals surface area contributed by atoms with Crippen molar-refractivity contribution >= 4 is 11.9 Å². The number of hydrogen-bond donors (Lipinski definition) is 1. The van der Waals surface area contributed by atoms with Gasteiger partial charge in [-0.25, -0.2) is 9.59 Å². The SMILES string of the molecule is Cc1ccc(C2Cc3cc(C(=O)O)ccc3C(=O)O2)cc1. The highest BCUT2D eigenvalue weighted by atomic mass is 16.5. The van der Waals surface area contributed by atoms with E-state index in [4.69, 9.17) is 9.84 Å². The fourth-order valence-corrected chi connectivity index (χ4v) is 2.50. The van der Waals surface area contributed by atoms with Crippen LogP contribution in [-0.4, -0.2) is 17.0 Å². The molecule has 0 aromatic heterocycles. The maximum atomic E-state index is 12.0. The van der Waals surface area contributed by atoms with Gasteiger partial charge in [-0.15, -0.1) is 0 Å². The minimum Gasteiger partial charge on any atom is -0.478 e. The fourth-order valence-electron chi connectivity index (χ4n) is 2.50. The molecule has 0 saturated heterocycles. The molecule has 0 aliphatic carbocycles. The van der Waals surface area contributed by atoms with E-state index in [1.807, 2.05) is 31.2 Å². The zero-order valence-corrected chi connectivity index (χ0v) is 11.5. The molecule has 2 aromatic carbocycles.